The molecule has 0 fully saturated rings. The molecule has 144 valence electrons. The molecule has 0 saturated carbocycles. The first-order valence-electron chi connectivity index (χ1n) is 8.28. The Hall–Kier alpha value is -0.830. The van der Waals surface area contributed by atoms with E-state index in [9.17, 15) is 13.0 Å². The Bertz CT molecular complexity index is 649. The van der Waals surface area contributed by atoms with Gasteiger partial charge in [0, 0.05) is 12.4 Å². The van der Waals surface area contributed by atoms with E-state index >= 15 is 0 Å². The van der Waals surface area contributed by atoms with Crippen LogP contribution in [-0.4, -0.2) is 35.0 Å². The number of nitrogens with one attached hydrogen (secondary N) is 1. The van der Waals surface area contributed by atoms with Crippen LogP contribution in [0.25, 0.3) is 0 Å². The molecule has 0 aliphatic carbocycles. The summed E-state index contributed by atoms with van der Waals surface area (Å²) < 4.78 is 42.9. The zero-order valence-electron chi connectivity index (χ0n) is 14.5. The molecular formula is C15H27N2O6PS. The van der Waals surface area contributed by atoms with Crippen LogP contribution < -0.4 is 4.72 Å². The SMILES string of the molecule is CCCCCCCS(=O)(=O)NC(c1cccnc1)C(C)OP(=O)(O)O. The number of rotatable bonds is 12. The largest absolute Gasteiger partial charge is 0.469 e. The van der Waals surface area contributed by atoms with Crippen molar-refractivity contribution in [2.45, 2.75) is 58.1 Å². The van der Waals surface area contributed by atoms with Crippen molar-refractivity contribution >= 4 is 17.8 Å². The fourth-order valence-corrected chi connectivity index (χ4v) is 4.39. The average molecular weight is 394 g/mol. The summed E-state index contributed by atoms with van der Waals surface area (Å²) in [5.41, 5.74) is 0.470. The lowest BCUT2D eigenvalue weighted by Crippen LogP contribution is -2.37. The van der Waals surface area contributed by atoms with Gasteiger partial charge in [0.25, 0.3) is 0 Å². The maximum atomic E-state index is 12.3. The molecule has 1 rings (SSSR count). The summed E-state index contributed by atoms with van der Waals surface area (Å²) in [5.74, 6) is -0.0455. The molecule has 1 heterocycles. The molecule has 2 atom stereocenters. The molecule has 3 N–H and O–H groups in total. The van der Waals surface area contributed by atoms with E-state index in [0.29, 0.717) is 12.0 Å². The van der Waals surface area contributed by atoms with E-state index in [2.05, 4.69) is 21.2 Å². The molecule has 0 radical (unpaired) electrons. The van der Waals surface area contributed by atoms with Crippen molar-refractivity contribution in [2.75, 3.05) is 5.75 Å². The van der Waals surface area contributed by atoms with Crippen LogP contribution in [0, 0.1) is 0 Å². The molecule has 1 aromatic rings. The molecular weight excluding hydrogens is 367 g/mol. The molecule has 8 nitrogen and oxygen atoms in total. The van der Waals surface area contributed by atoms with Gasteiger partial charge in [-0.1, -0.05) is 38.7 Å². The molecule has 0 bridgehead atoms. The van der Waals surface area contributed by atoms with Gasteiger partial charge in [-0.3, -0.25) is 9.51 Å². The molecule has 25 heavy (non-hydrogen) atoms. The molecule has 0 aliphatic heterocycles. The second kappa shape index (κ2) is 10.4. The van der Waals surface area contributed by atoms with E-state index in [-0.39, 0.29) is 5.75 Å². The molecule has 1 aromatic heterocycles. The van der Waals surface area contributed by atoms with Crippen LogP contribution in [0.4, 0.5) is 0 Å². The second-order valence-electron chi connectivity index (χ2n) is 5.92. The summed E-state index contributed by atoms with van der Waals surface area (Å²) in [6.45, 7) is 3.49. The van der Waals surface area contributed by atoms with Gasteiger partial charge in [0.15, 0.2) is 0 Å². The highest BCUT2D eigenvalue weighted by atomic mass is 32.2. The third-order valence-electron chi connectivity index (χ3n) is 3.64. The summed E-state index contributed by atoms with van der Waals surface area (Å²) >= 11 is 0. The van der Waals surface area contributed by atoms with Crippen LogP contribution in [0.5, 0.6) is 0 Å². The maximum absolute atomic E-state index is 12.3. The van der Waals surface area contributed by atoms with E-state index in [1.54, 1.807) is 12.1 Å². The van der Waals surface area contributed by atoms with Crippen LogP contribution >= 0.6 is 7.82 Å². The number of hydrogen-bond acceptors (Lipinski definition) is 5. The number of aromatic nitrogens is 1. The lowest BCUT2D eigenvalue weighted by molar-refractivity contribution is 0.121. The Kier molecular flexibility index (Phi) is 9.20. The van der Waals surface area contributed by atoms with Crippen molar-refractivity contribution in [3.8, 4) is 0 Å². The van der Waals surface area contributed by atoms with Gasteiger partial charge >= 0.3 is 7.82 Å². The molecule has 0 spiro atoms. The van der Waals surface area contributed by atoms with E-state index in [0.717, 1.165) is 25.7 Å². The van der Waals surface area contributed by atoms with Crippen molar-refractivity contribution in [2.24, 2.45) is 0 Å². The van der Waals surface area contributed by atoms with Gasteiger partial charge in [-0.15, -0.1) is 0 Å². The molecule has 0 aliphatic rings. The minimum absolute atomic E-state index is 0.0455. The molecule has 0 saturated heterocycles. The Morgan fingerprint density at radius 2 is 1.96 bits per heavy atom. The lowest BCUT2D eigenvalue weighted by Gasteiger charge is -2.25. The summed E-state index contributed by atoms with van der Waals surface area (Å²) in [4.78, 5) is 21.9. The molecule has 0 aromatic carbocycles. The summed E-state index contributed by atoms with van der Waals surface area (Å²) in [6, 6.07) is 2.30. The Labute approximate surface area is 149 Å². The number of phosphoric acid groups is 1. The van der Waals surface area contributed by atoms with E-state index in [1.165, 1.54) is 19.3 Å². The fraction of sp³-hybridized carbons (Fsp3) is 0.667. The van der Waals surface area contributed by atoms with E-state index in [4.69, 9.17) is 9.79 Å². The first-order valence-corrected chi connectivity index (χ1v) is 11.5. The normalized spacial score (nSPS) is 15.0. The minimum Gasteiger partial charge on any atom is -0.303 e. The Balaban J connectivity index is 2.81. The third kappa shape index (κ3) is 9.44. The summed E-state index contributed by atoms with van der Waals surface area (Å²) in [6.07, 6.45) is 6.37. The van der Waals surface area contributed by atoms with Crippen molar-refractivity contribution in [3.05, 3.63) is 30.1 Å². The lowest BCUT2D eigenvalue weighted by atomic mass is 10.1. The highest BCUT2D eigenvalue weighted by Crippen LogP contribution is 2.40. The zero-order valence-corrected chi connectivity index (χ0v) is 16.2. The van der Waals surface area contributed by atoms with Crippen LogP contribution in [0.3, 0.4) is 0 Å². The number of nitrogens with zero attached hydrogens (tertiary/aromatic N) is 1. The van der Waals surface area contributed by atoms with Crippen molar-refractivity contribution in [1.29, 1.82) is 0 Å². The predicted molar refractivity (Wildman–Crippen MR) is 95.3 cm³/mol. The van der Waals surface area contributed by atoms with Gasteiger partial charge < -0.3 is 9.79 Å². The van der Waals surface area contributed by atoms with Gasteiger partial charge in [-0.25, -0.2) is 17.7 Å². The van der Waals surface area contributed by atoms with Crippen molar-refractivity contribution < 1.29 is 27.3 Å². The number of unbranched alkanes of at least 4 members (excludes halogenated alkanes) is 4. The van der Waals surface area contributed by atoms with Crippen LogP contribution in [0.1, 0.15) is 57.6 Å². The highest BCUT2D eigenvalue weighted by molar-refractivity contribution is 7.89. The van der Waals surface area contributed by atoms with E-state index in [1.807, 2.05) is 0 Å². The Morgan fingerprint density at radius 1 is 1.28 bits per heavy atom. The molecule has 0 amide bonds. The average Bonchev–Trinajstić information content (AvgIpc) is 2.51. The highest BCUT2D eigenvalue weighted by Gasteiger charge is 2.30. The first kappa shape index (κ1) is 22.2. The van der Waals surface area contributed by atoms with Crippen LogP contribution in [-0.2, 0) is 19.1 Å². The Morgan fingerprint density at radius 3 is 2.52 bits per heavy atom. The van der Waals surface area contributed by atoms with Crippen molar-refractivity contribution in [3.63, 3.8) is 0 Å². The maximum Gasteiger partial charge on any atom is 0.469 e. The van der Waals surface area contributed by atoms with Crippen molar-refractivity contribution in [1.82, 2.24) is 9.71 Å². The van der Waals surface area contributed by atoms with Crippen LogP contribution in [0.2, 0.25) is 0 Å². The number of phosphoric ester groups is 1. The van der Waals surface area contributed by atoms with E-state index < -0.39 is 30.0 Å². The quantitative estimate of drug-likeness (QED) is 0.367. The topological polar surface area (TPSA) is 126 Å². The smallest absolute Gasteiger partial charge is 0.303 e. The number of hydrogen-bond donors (Lipinski definition) is 3. The molecule has 2 unspecified atom stereocenters. The summed E-state index contributed by atoms with van der Waals surface area (Å²) in [5, 5.41) is 0. The summed E-state index contributed by atoms with van der Waals surface area (Å²) in [7, 11) is -8.38. The van der Waals surface area contributed by atoms with Crippen LogP contribution in [0.15, 0.2) is 24.5 Å². The fourth-order valence-electron chi connectivity index (χ4n) is 2.42. The number of sulfonamides is 1. The van der Waals surface area contributed by atoms with Gasteiger partial charge in [-0.05, 0) is 25.0 Å². The van der Waals surface area contributed by atoms with Gasteiger partial charge in [0.2, 0.25) is 10.0 Å². The standard InChI is InChI=1S/C15H27N2O6PS/c1-3-4-5-6-7-11-25(21,22)17-15(13(2)23-24(18,19)20)14-9-8-10-16-12-14/h8-10,12-13,15,17H,3-7,11H2,1-2H3,(H2,18,19,20). The first-order chi connectivity index (χ1) is 11.6. The molecule has 10 heteroatoms. The second-order valence-corrected chi connectivity index (χ2v) is 8.98. The predicted octanol–water partition coefficient (Wildman–Crippen LogP) is 2.51. The van der Waals surface area contributed by atoms with Gasteiger partial charge in [0.05, 0.1) is 17.9 Å². The van der Waals surface area contributed by atoms with Gasteiger partial charge in [-0.2, -0.15) is 0 Å². The number of pyridine rings is 1. The zero-order chi connectivity index (χ0) is 18.9. The minimum atomic E-state index is -4.75. The monoisotopic (exact) mass is 394 g/mol. The van der Waals surface area contributed by atoms with Gasteiger partial charge in [0.1, 0.15) is 0 Å². The third-order valence-corrected chi connectivity index (χ3v) is 5.69.